The highest BCUT2D eigenvalue weighted by Gasteiger charge is 2.10. The molecule has 0 unspecified atom stereocenters. The molecule has 5 heteroatoms. The fraction of sp³-hybridized carbons (Fsp3) is 0.385. The molecule has 2 rings (SSSR count). The number of nitrogens with two attached hydrogens (primary N) is 1. The van der Waals surface area contributed by atoms with Crippen LogP contribution in [0.3, 0.4) is 0 Å². The topological polar surface area (TPSA) is 68.2 Å². The molecule has 1 aromatic heterocycles. The van der Waals surface area contributed by atoms with E-state index in [1.54, 1.807) is 0 Å². The number of aromatic nitrogens is 2. The number of hydrogen-bond donors (Lipinski definition) is 1. The number of anilines is 1. The van der Waals surface area contributed by atoms with E-state index in [4.69, 9.17) is 10.2 Å². The summed E-state index contributed by atoms with van der Waals surface area (Å²) in [5.41, 5.74) is 7.91. The summed E-state index contributed by atoms with van der Waals surface area (Å²) in [6.07, 6.45) is 0.616. The highest BCUT2D eigenvalue weighted by Crippen LogP contribution is 2.14. The van der Waals surface area contributed by atoms with E-state index in [1.165, 1.54) is 11.1 Å². The molecule has 2 aromatic rings. The van der Waals surface area contributed by atoms with Crippen LogP contribution < -0.4 is 10.6 Å². The van der Waals surface area contributed by atoms with Crippen LogP contribution in [0.5, 0.6) is 0 Å². The fourth-order valence-corrected chi connectivity index (χ4v) is 1.66. The van der Waals surface area contributed by atoms with Crippen LogP contribution in [0.15, 0.2) is 28.7 Å². The van der Waals surface area contributed by atoms with Gasteiger partial charge in [-0.3, -0.25) is 0 Å². The molecule has 0 aliphatic rings. The lowest BCUT2D eigenvalue weighted by Crippen LogP contribution is -2.16. The average Bonchev–Trinajstić information content (AvgIpc) is 2.81. The van der Waals surface area contributed by atoms with Crippen molar-refractivity contribution in [1.82, 2.24) is 10.2 Å². The zero-order valence-electron chi connectivity index (χ0n) is 10.8. The minimum Gasteiger partial charge on any atom is -0.408 e. The predicted octanol–water partition coefficient (Wildman–Crippen LogP) is 1.52. The Hall–Kier alpha value is -1.88. The Morgan fingerprint density at radius 2 is 1.94 bits per heavy atom. The van der Waals surface area contributed by atoms with Crippen LogP contribution in [0.2, 0.25) is 0 Å². The highest BCUT2D eigenvalue weighted by atomic mass is 16.4. The summed E-state index contributed by atoms with van der Waals surface area (Å²) < 4.78 is 5.51. The summed E-state index contributed by atoms with van der Waals surface area (Å²) in [6.45, 7) is 3.33. The van der Waals surface area contributed by atoms with Crippen molar-refractivity contribution >= 4 is 6.01 Å². The Kier molecular flexibility index (Phi) is 3.94. The molecule has 0 fully saturated rings. The Bertz CT molecular complexity index is 492. The molecule has 5 nitrogen and oxygen atoms in total. The van der Waals surface area contributed by atoms with E-state index in [-0.39, 0.29) is 0 Å². The van der Waals surface area contributed by atoms with Gasteiger partial charge in [0.05, 0.1) is 0 Å². The van der Waals surface area contributed by atoms with Crippen LogP contribution in [0.25, 0.3) is 0 Å². The first-order valence-corrected chi connectivity index (χ1v) is 5.98. The van der Waals surface area contributed by atoms with Crippen molar-refractivity contribution < 1.29 is 4.42 Å². The molecular formula is C13H18N4O. The maximum absolute atomic E-state index is 5.51. The fourth-order valence-electron chi connectivity index (χ4n) is 1.66. The van der Waals surface area contributed by atoms with Crippen LogP contribution in [0, 0.1) is 6.92 Å². The van der Waals surface area contributed by atoms with E-state index in [0.717, 1.165) is 6.54 Å². The van der Waals surface area contributed by atoms with E-state index in [1.807, 2.05) is 11.9 Å². The smallest absolute Gasteiger partial charge is 0.318 e. The van der Waals surface area contributed by atoms with Crippen molar-refractivity contribution in [2.24, 2.45) is 5.73 Å². The van der Waals surface area contributed by atoms with Crippen molar-refractivity contribution in [3.63, 3.8) is 0 Å². The molecular weight excluding hydrogens is 228 g/mol. The first kappa shape index (κ1) is 12.6. The van der Waals surface area contributed by atoms with Gasteiger partial charge in [0.15, 0.2) is 0 Å². The number of nitrogens with zero attached hydrogens (tertiary/aromatic N) is 3. The third kappa shape index (κ3) is 3.07. The monoisotopic (exact) mass is 246 g/mol. The Morgan fingerprint density at radius 1 is 1.22 bits per heavy atom. The number of rotatable bonds is 5. The molecule has 0 bridgehead atoms. The normalized spacial score (nSPS) is 10.6. The molecule has 0 saturated carbocycles. The van der Waals surface area contributed by atoms with Crippen molar-refractivity contribution in [2.75, 3.05) is 18.5 Å². The molecule has 2 N–H and O–H groups in total. The van der Waals surface area contributed by atoms with Gasteiger partial charge in [0.25, 0.3) is 0 Å². The third-order valence-electron chi connectivity index (χ3n) is 2.68. The molecule has 0 radical (unpaired) electrons. The molecule has 0 atom stereocenters. The average molecular weight is 246 g/mol. The van der Waals surface area contributed by atoms with Gasteiger partial charge in [-0.25, -0.2) is 0 Å². The zero-order chi connectivity index (χ0) is 13.0. The van der Waals surface area contributed by atoms with Gasteiger partial charge in [-0.05, 0) is 12.5 Å². The van der Waals surface area contributed by atoms with Gasteiger partial charge in [-0.1, -0.05) is 34.9 Å². The van der Waals surface area contributed by atoms with Crippen LogP contribution in [-0.4, -0.2) is 23.8 Å². The SMILES string of the molecule is Cc1ccc(CN(C)c2nnc(CCN)o2)cc1. The molecule has 1 heterocycles. The van der Waals surface area contributed by atoms with E-state index in [0.29, 0.717) is 24.9 Å². The Balaban J connectivity index is 2.02. The second kappa shape index (κ2) is 5.64. The van der Waals surface area contributed by atoms with E-state index in [9.17, 15) is 0 Å². The maximum atomic E-state index is 5.51. The summed E-state index contributed by atoms with van der Waals surface area (Å²) in [6, 6.07) is 8.92. The van der Waals surface area contributed by atoms with Crippen molar-refractivity contribution in [3.05, 3.63) is 41.3 Å². The maximum Gasteiger partial charge on any atom is 0.318 e. The summed E-state index contributed by atoms with van der Waals surface area (Å²) >= 11 is 0. The van der Waals surface area contributed by atoms with E-state index >= 15 is 0 Å². The van der Waals surface area contributed by atoms with Crippen LogP contribution in [0.4, 0.5) is 6.01 Å². The van der Waals surface area contributed by atoms with Gasteiger partial charge in [0, 0.05) is 26.6 Å². The number of aryl methyl sites for hydroxylation is 1. The molecule has 0 aliphatic carbocycles. The van der Waals surface area contributed by atoms with E-state index < -0.39 is 0 Å². The molecule has 0 saturated heterocycles. The van der Waals surface area contributed by atoms with Crippen molar-refractivity contribution in [2.45, 2.75) is 19.9 Å². The minimum absolute atomic E-state index is 0.517. The molecule has 96 valence electrons. The zero-order valence-corrected chi connectivity index (χ0v) is 10.8. The van der Waals surface area contributed by atoms with Crippen LogP contribution >= 0.6 is 0 Å². The quantitative estimate of drug-likeness (QED) is 0.866. The summed E-state index contributed by atoms with van der Waals surface area (Å²) in [5, 5.41) is 7.95. The summed E-state index contributed by atoms with van der Waals surface area (Å²) in [5.74, 6) is 0.586. The second-order valence-electron chi connectivity index (χ2n) is 4.36. The molecule has 0 aliphatic heterocycles. The lowest BCUT2D eigenvalue weighted by atomic mass is 10.1. The molecule has 0 spiro atoms. The number of hydrogen-bond acceptors (Lipinski definition) is 5. The standard InChI is InChI=1S/C13H18N4O/c1-10-3-5-11(6-4-10)9-17(2)13-16-15-12(18-13)7-8-14/h3-6H,7-9,14H2,1-2H3. The minimum atomic E-state index is 0.517. The van der Waals surface area contributed by atoms with Gasteiger partial charge in [0.1, 0.15) is 0 Å². The van der Waals surface area contributed by atoms with Crippen LogP contribution in [-0.2, 0) is 13.0 Å². The third-order valence-corrected chi connectivity index (χ3v) is 2.68. The molecule has 18 heavy (non-hydrogen) atoms. The van der Waals surface area contributed by atoms with Gasteiger partial charge in [-0.2, -0.15) is 0 Å². The summed E-state index contributed by atoms with van der Waals surface area (Å²) in [4.78, 5) is 1.93. The highest BCUT2D eigenvalue weighted by molar-refractivity contribution is 5.28. The van der Waals surface area contributed by atoms with Crippen molar-refractivity contribution in [1.29, 1.82) is 0 Å². The largest absolute Gasteiger partial charge is 0.408 e. The molecule has 0 amide bonds. The van der Waals surface area contributed by atoms with E-state index in [2.05, 4.69) is 41.4 Å². The van der Waals surface area contributed by atoms with Gasteiger partial charge >= 0.3 is 6.01 Å². The van der Waals surface area contributed by atoms with Crippen LogP contribution in [0.1, 0.15) is 17.0 Å². The lowest BCUT2D eigenvalue weighted by molar-refractivity contribution is 0.489. The van der Waals surface area contributed by atoms with Gasteiger partial charge < -0.3 is 15.1 Å². The summed E-state index contributed by atoms with van der Waals surface area (Å²) in [7, 11) is 1.93. The lowest BCUT2D eigenvalue weighted by Gasteiger charge is -2.13. The molecule has 1 aromatic carbocycles. The number of benzene rings is 1. The van der Waals surface area contributed by atoms with Gasteiger partial charge in [0.2, 0.25) is 5.89 Å². The van der Waals surface area contributed by atoms with Crippen molar-refractivity contribution in [3.8, 4) is 0 Å². The first-order valence-electron chi connectivity index (χ1n) is 5.98. The Labute approximate surface area is 107 Å². The predicted molar refractivity (Wildman–Crippen MR) is 70.3 cm³/mol. The van der Waals surface area contributed by atoms with Gasteiger partial charge in [-0.15, -0.1) is 5.10 Å². The second-order valence-corrected chi connectivity index (χ2v) is 4.36. The Morgan fingerprint density at radius 3 is 2.61 bits per heavy atom. The first-order chi connectivity index (χ1) is 8.69.